The zero-order valence-corrected chi connectivity index (χ0v) is 16.1. The lowest BCUT2D eigenvalue weighted by atomic mass is 10.1. The Morgan fingerprint density at radius 1 is 1.19 bits per heavy atom. The van der Waals surface area contributed by atoms with Gasteiger partial charge in [0.25, 0.3) is 5.91 Å². The number of rotatable bonds is 3. The highest BCUT2D eigenvalue weighted by molar-refractivity contribution is 6.34. The van der Waals surface area contributed by atoms with Gasteiger partial charge in [-0.1, -0.05) is 35.3 Å². The van der Waals surface area contributed by atoms with E-state index in [-0.39, 0.29) is 17.8 Å². The molecule has 0 aliphatic carbocycles. The molecule has 0 radical (unpaired) electrons. The average molecular weight is 406 g/mol. The molecule has 0 N–H and O–H groups in total. The summed E-state index contributed by atoms with van der Waals surface area (Å²) in [6, 6.07) is 12.6. The highest BCUT2D eigenvalue weighted by Crippen LogP contribution is 2.31. The van der Waals surface area contributed by atoms with Gasteiger partial charge in [-0.25, -0.2) is 0 Å². The van der Waals surface area contributed by atoms with Gasteiger partial charge < -0.3 is 18.8 Å². The zero-order valence-electron chi connectivity index (χ0n) is 14.6. The van der Waals surface area contributed by atoms with Gasteiger partial charge in [0.1, 0.15) is 6.10 Å². The maximum absolute atomic E-state index is 13.0. The van der Waals surface area contributed by atoms with Gasteiger partial charge in [-0.2, -0.15) is 0 Å². The van der Waals surface area contributed by atoms with Gasteiger partial charge >= 0.3 is 0 Å². The quantitative estimate of drug-likeness (QED) is 0.617. The molecule has 1 aliphatic heterocycles. The summed E-state index contributed by atoms with van der Waals surface area (Å²) in [7, 11) is 1.57. The predicted molar refractivity (Wildman–Crippen MR) is 104 cm³/mol. The molecular formula is C20H17Cl2NO4. The van der Waals surface area contributed by atoms with Crippen molar-refractivity contribution < 1.29 is 18.7 Å². The van der Waals surface area contributed by atoms with E-state index in [0.717, 1.165) is 10.9 Å². The Kier molecular flexibility index (Phi) is 5.00. The number of nitrogens with zero attached hydrogens (tertiary/aromatic N) is 1. The number of halogens is 2. The van der Waals surface area contributed by atoms with E-state index in [0.29, 0.717) is 41.1 Å². The molecule has 1 saturated heterocycles. The van der Waals surface area contributed by atoms with Crippen molar-refractivity contribution in [2.24, 2.45) is 0 Å². The average Bonchev–Trinajstić information content (AvgIpc) is 3.11. The number of hydrogen-bond donors (Lipinski definition) is 0. The summed E-state index contributed by atoms with van der Waals surface area (Å²) < 4.78 is 16.9. The molecule has 0 bridgehead atoms. The molecule has 0 saturated carbocycles. The lowest BCUT2D eigenvalue weighted by Gasteiger charge is -2.32. The molecule has 2 heterocycles. The Morgan fingerprint density at radius 2 is 1.96 bits per heavy atom. The number of carbonyl (C=O) groups excluding carboxylic acids is 1. The summed E-state index contributed by atoms with van der Waals surface area (Å²) in [4.78, 5) is 14.7. The molecule has 1 amide bonds. The fraction of sp³-hybridized carbons (Fsp3) is 0.250. The maximum Gasteiger partial charge on any atom is 0.289 e. The number of carbonyl (C=O) groups is 1. The second-order valence-corrected chi connectivity index (χ2v) is 7.18. The van der Waals surface area contributed by atoms with E-state index in [1.807, 2.05) is 12.1 Å². The first-order valence-electron chi connectivity index (χ1n) is 8.48. The van der Waals surface area contributed by atoms with Crippen molar-refractivity contribution >= 4 is 40.1 Å². The number of methoxy groups -OCH3 is 1. The van der Waals surface area contributed by atoms with Crippen LogP contribution in [0.25, 0.3) is 11.0 Å². The monoisotopic (exact) mass is 405 g/mol. The van der Waals surface area contributed by atoms with Crippen LogP contribution < -0.4 is 4.74 Å². The third kappa shape index (κ3) is 3.63. The molecule has 1 atom stereocenters. The fourth-order valence-corrected chi connectivity index (χ4v) is 3.80. The van der Waals surface area contributed by atoms with E-state index < -0.39 is 0 Å². The fourth-order valence-electron chi connectivity index (χ4n) is 3.25. The Morgan fingerprint density at radius 3 is 2.70 bits per heavy atom. The molecule has 1 fully saturated rings. The first kappa shape index (κ1) is 18.2. The van der Waals surface area contributed by atoms with Crippen molar-refractivity contribution in [2.75, 3.05) is 26.8 Å². The summed E-state index contributed by atoms with van der Waals surface area (Å²) >= 11 is 12.2. The minimum Gasteiger partial charge on any atom is -0.493 e. The highest BCUT2D eigenvalue weighted by atomic mass is 35.5. The van der Waals surface area contributed by atoms with Gasteiger partial charge in [0.05, 0.1) is 20.3 Å². The van der Waals surface area contributed by atoms with Gasteiger partial charge in [0.15, 0.2) is 17.1 Å². The zero-order chi connectivity index (χ0) is 19.0. The van der Waals surface area contributed by atoms with E-state index in [2.05, 4.69) is 0 Å². The summed E-state index contributed by atoms with van der Waals surface area (Å²) in [5, 5.41) is 1.90. The molecule has 27 heavy (non-hydrogen) atoms. The third-order valence-corrected chi connectivity index (χ3v) is 4.99. The van der Waals surface area contributed by atoms with E-state index >= 15 is 0 Å². The number of furan rings is 1. The van der Waals surface area contributed by atoms with Crippen molar-refractivity contribution in [1.29, 1.82) is 0 Å². The number of para-hydroxylation sites is 1. The topological polar surface area (TPSA) is 51.9 Å². The van der Waals surface area contributed by atoms with Crippen LogP contribution >= 0.6 is 23.2 Å². The number of amides is 1. The molecule has 5 nitrogen and oxygen atoms in total. The number of hydrogen-bond acceptors (Lipinski definition) is 4. The minimum atomic E-state index is -0.294. The Labute approximate surface area is 166 Å². The van der Waals surface area contributed by atoms with Crippen molar-refractivity contribution in [1.82, 2.24) is 4.90 Å². The van der Waals surface area contributed by atoms with Crippen LogP contribution in [-0.4, -0.2) is 37.6 Å². The second kappa shape index (κ2) is 7.43. The second-order valence-electron chi connectivity index (χ2n) is 6.30. The summed E-state index contributed by atoms with van der Waals surface area (Å²) in [6.45, 7) is 1.30. The van der Waals surface area contributed by atoms with Crippen LogP contribution in [0.1, 0.15) is 22.2 Å². The van der Waals surface area contributed by atoms with Crippen molar-refractivity contribution in [3.63, 3.8) is 0 Å². The summed E-state index contributed by atoms with van der Waals surface area (Å²) in [6.07, 6.45) is -0.294. The van der Waals surface area contributed by atoms with Crippen molar-refractivity contribution in [3.8, 4) is 5.75 Å². The number of ether oxygens (including phenoxy) is 2. The molecule has 4 rings (SSSR count). The van der Waals surface area contributed by atoms with Crippen LogP contribution in [0.15, 0.2) is 46.9 Å². The van der Waals surface area contributed by atoms with Gasteiger partial charge in [-0.15, -0.1) is 0 Å². The molecular weight excluding hydrogens is 389 g/mol. The molecule has 0 unspecified atom stereocenters. The van der Waals surface area contributed by atoms with Crippen molar-refractivity contribution in [3.05, 3.63) is 63.8 Å². The molecule has 140 valence electrons. The SMILES string of the molecule is COc1cccc2cc(C(=O)N3CCO[C@@H](c4cc(Cl)cc(Cl)c4)C3)oc12. The smallest absolute Gasteiger partial charge is 0.289 e. The lowest BCUT2D eigenvalue weighted by molar-refractivity contribution is -0.0237. The molecule has 2 aromatic carbocycles. The summed E-state index contributed by atoms with van der Waals surface area (Å²) in [5.74, 6) is 0.689. The standard InChI is InChI=1S/C20H17Cl2NO4/c1-25-16-4-2-3-12-9-17(27-19(12)16)20(24)23-5-6-26-18(11-23)13-7-14(21)10-15(22)8-13/h2-4,7-10,18H,5-6,11H2,1H3/t18-/m1/s1. The Balaban J connectivity index is 1.58. The van der Waals surface area contributed by atoms with Crippen LogP contribution in [0.2, 0.25) is 10.0 Å². The number of fused-ring (bicyclic) bond motifs is 1. The molecule has 1 aromatic heterocycles. The highest BCUT2D eigenvalue weighted by Gasteiger charge is 2.28. The molecule has 3 aromatic rings. The van der Waals surface area contributed by atoms with E-state index in [4.69, 9.17) is 37.1 Å². The normalized spacial score (nSPS) is 17.3. The van der Waals surface area contributed by atoms with Crippen LogP contribution in [0.5, 0.6) is 5.75 Å². The lowest BCUT2D eigenvalue weighted by Crippen LogP contribution is -2.42. The summed E-state index contributed by atoms with van der Waals surface area (Å²) in [5.41, 5.74) is 1.41. The van der Waals surface area contributed by atoms with Crippen LogP contribution in [0.4, 0.5) is 0 Å². The van der Waals surface area contributed by atoms with Gasteiger partial charge in [-0.05, 0) is 35.9 Å². The minimum absolute atomic E-state index is 0.185. The van der Waals surface area contributed by atoms with Gasteiger partial charge in [-0.3, -0.25) is 4.79 Å². The number of morpholine rings is 1. The van der Waals surface area contributed by atoms with Gasteiger partial charge in [0, 0.05) is 22.0 Å². The molecule has 1 aliphatic rings. The predicted octanol–water partition coefficient (Wildman–Crippen LogP) is 4.96. The first-order valence-corrected chi connectivity index (χ1v) is 9.24. The third-order valence-electron chi connectivity index (χ3n) is 4.55. The van der Waals surface area contributed by atoms with E-state index in [1.54, 1.807) is 42.3 Å². The van der Waals surface area contributed by atoms with E-state index in [1.165, 1.54) is 0 Å². The molecule has 0 spiro atoms. The maximum atomic E-state index is 13.0. The first-order chi connectivity index (χ1) is 13.0. The molecule has 7 heteroatoms. The van der Waals surface area contributed by atoms with Crippen molar-refractivity contribution in [2.45, 2.75) is 6.10 Å². The van der Waals surface area contributed by atoms with Crippen LogP contribution in [-0.2, 0) is 4.74 Å². The van der Waals surface area contributed by atoms with Crippen LogP contribution in [0, 0.1) is 0 Å². The Bertz CT molecular complexity index is 981. The van der Waals surface area contributed by atoms with Crippen LogP contribution in [0.3, 0.4) is 0 Å². The largest absolute Gasteiger partial charge is 0.493 e. The van der Waals surface area contributed by atoms with E-state index in [9.17, 15) is 4.79 Å². The van der Waals surface area contributed by atoms with Gasteiger partial charge in [0.2, 0.25) is 0 Å². The Hall–Kier alpha value is -2.21. The number of benzene rings is 2.